The molecule has 4 nitrogen and oxygen atoms in total. The molecule has 1 amide bonds. The van der Waals surface area contributed by atoms with Gasteiger partial charge in [-0.25, -0.2) is 0 Å². The van der Waals surface area contributed by atoms with E-state index in [-0.39, 0.29) is 5.91 Å². The number of thiophene rings is 1. The van der Waals surface area contributed by atoms with Gasteiger partial charge in [0.15, 0.2) is 11.5 Å². The van der Waals surface area contributed by atoms with Gasteiger partial charge >= 0.3 is 0 Å². The third-order valence-electron chi connectivity index (χ3n) is 2.91. The quantitative estimate of drug-likeness (QED) is 0.817. The van der Waals surface area contributed by atoms with E-state index in [1.54, 1.807) is 26.4 Å². The van der Waals surface area contributed by atoms with Crippen LogP contribution in [0, 0.1) is 0 Å². The molecule has 1 N–H and O–H groups in total. The molecule has 1 aromatic carbocycles. The fourth-order valence-corrected chi connectivity index (χ4v) is 2.78. The van der Waals surface area contributed by atoms with Gasteiger partial charge in [-0.3, -0.25) is 4.79 Å². The van der Waals surface area contributed by atoms with E-state index in [1.165, 1.54) is 17.4 Å². The number of hydrogen-bond donors (Lipinski definition) is 1. The van der Waals surface area contributed by atoms with E-state index in [0.717, 1.165) is 10.4 Å². The number of benzene rings is 1. The van der Waals surface area contributed by atoms with Crippen molar-refractivity contribution in [3.8, 4) is 11.5 Å². The number of carbonyl (C=O) groups is 1. The average Bonchev–Trinajstić information content (AvgIpc) is 2.96. The van der Waals surface area contributed by atoms with E-state index in [4.69, 9.17) is 21.1 Å². The molecule has 0 spiro atoms. The Morgan fingerprint density at radius 2 is 2.00 bits per heavy atom. The zero-order valence-electron chi connectivity index (χ0n) is 12.3. The maximum Gasteiger partial charge on any atom is 0.244 e. The molecule has 1 aromatic heterocycles. The minimum Gasteiger partial charge on any atom is -0.493 e. The summed E-state index contributed by atoms with van der Waals surface area (Å²) in [6.07, 6.45) is 3.23. The van der Waals surface area contributed by atoms with Crippen LogP contribution in [-0.4, -0.2) is 20.1 Å². The van der Waals surface area contributed by atoms with Crippen molar-refractivity contribution in [1.29, 1.82) is 0 Å². The number of carbonyl (C=O) groups excluding carboxylic acids is 1. The van der Waals surface area contributed by atoms with Gasteiger partial charge in [-0.2, -0.15) is 0 Å². The minimum absolute atomic E-state index is 0.167. The maximum absolute atomic E-state index is 11.8. The topological polar surface area (TPSA) is 47.6 Å². The van der Waals surface area contributed by atoms with Crippen LogP contribution in [-0.2, 0) is 11.3 Å². The lowest BCUT2D eigenvalue weighted by atomic mass is 10.2. The van der Waals surface area contributed by atoms with Crippen molar-refractivity contribution in [2.75, 3.05) is 14.2 Å². The third kappa shape index (κ3) is 4.51. The smallest absolute Gasteiger partial charge is 0.244 e. The molecule has 2 rings (SSSR count). The van der Waals surface area contributed by atoms with Crippen LogP contribution in [0.15, 0.2) is 36.4 Å². The second-order valence-electron chi connectivity index (χ2n) is 4.38. The molecular weight excluding hydrogens is 322 g/mol. The standard InChI is InChI=1S/C16H16ClNO3S/c1-20-13-6-3-11(9-14(13)21-2)10-18-16(19)8-5-12-4-7-15(17)22-12/h3-9H,10H2,1-2H3,(H,18,19). The molecule has 22 heavy (non-hydrogen) atoms. The van der Waals surface area contributed by atoms with E-state index in [0.29, 0.717) is 22.4 Å². The van der Waals surface area contributed by atoms with Crippen LogP contribution in [0.1, 0.15) is 10.4 Å². The lowest BCUT2D eigenvalue weighted by molar-refractivity contribution is -0.116. The molecule has 0 unspecified atom stereocenters. The molecule has 0 saturated heterocycles. The number of nitrogens with one attached hydrogen (secondary N) is 1. The molecule has 0 aliphatic rings. The summed E-state index contributed by atoms with van der Waals surface area (Å²) < 4.78 is 11.1. The fourth-order valence-electron chi connectivity index (χ4n) is 1.81. The van der Waals surface area contributed by atoms with Crippen LogP contribution in [0.25, 0.3) is 6.08 Å². The summed E-state index contributed by atoms with van der Waals surface area (Å²) in [5, 5.41) is 2.81. The van der Waals surface area contributed by atoms with Gasteiger partial charge in [-0.05, 0) is 35.9 Å². The van der Waals surface area contributed by atoms with Gasteiger partial charge in [-0.15, -0.1) is 11.3 Å². The van der Waals surface area contributed by atoms with E-state index in [9.17, 15) is 4.79 Å². The molecule has 6 heteroatoms. The summed E-state index contributed by atoms with van der Waals surface area (Å²) in [6, 6.07) is 9.19. The molecule has 0 atom stereocenters. The minimum atomic E-state index is -0.167. The van der Waals surface area contributed by atoms with Gasteiger partial charge in [0.1, 0.15) is 0 Å². The summed E-state index contributed by atoms with van der Waals surface area (Å²) in [7, 11) is 3.16. The van der Waals surface area contributed by atoms with Crippen molar-refractivity contribution in [2.45, 2.75) is 6.54 Å². The van der Waals surface area contributed by atoms with Gasteiger partial charge in [0.2, 0.25) is 5.91 Å². The first-order valence-electron chi connectivity index (χ1n) is 6.54. The molecule has 0 bridgehead atoms. The van der Waals surface area contributed by atoms with Gasteiger partial charge in [0, 0.05) is 17.5 Å². The second kappa shape index (κ2) is 7.87. The van der Waals surface area contributed by atoms with E-state index < -0.39 is 0 Å². The molecule has 0 aliphatic heterocycles. The first kappa shape index (κ1) is 16.4. The van der Waals surface area contributed by atoms with Gasteiger partial charge in [0.05, 0.1) is 18.6 Å². The van der Waals surface area contributed by atoms with Gasteiger partial charge in [-0.1, -0.05) is 17.7 Å². The molecule has 0 aliphatic carbocycles. The van der Waals surface area contributed by atoms with Gasteiger partial charge in [0.25, 0.3) is 0 Å². The Kier molecular flexibility index (Phi) is 5.86. The highest BCUT2D eigenvalue weighted by molar-refractivity contribution is 7.17. The number of halogens is 1. The van der Waals surface area contributed by atoms with Crippen LogP contribution in [0.4, 0.5) is 0 Å². The van der Waals surface area contributed by atoms with Crippen molar-refractivity contribution in [3.63, 3.8) is 0 Å². The molecule has 0 saturated carbocycles. The molecule has 0 fully saturated rings. The van der Waals surface area contributed by atoms with E-state index in [2.05, 4.69) is 5.32 Å². The first-order valence-corrected chi connectivity index (χ1v) is 7.74. The Bertz CT molecular complexity index is 682. The number of rotatable bonds is 6. The van der Waals surface area contributed by atoms with Crippen LogP contribution in [0.5, 0.6) is 11.5 Å². The first-order chi connectivity index (χ1) is 10.6. The van der Waals surface area contributed by atoms with Crippen molar-refractivity contribution >= 4 is 34.9 Å². The summed E-state index contributed by atoms with van der Waals surface area (Å²) in [6.45, 7) is 0.411. The predicted molar refractivity (Wildman–Crippen MR) is 89.8 cm³/mol. The summed E-state index contributed by atoms with van der Waals surface area (Å²) in [5.41, 5.74) is 0.929. The van der Waals surface area contributed by atoms with Crippen molar-refractivity contribution in [2.24, 2.45) is 0 Å². The molecular formula is C16H16ClNO3S. The normalized spacial score (nSPS) is 10.7. The predicted octanol–water partition coefficient (Wildman–Crippen LogP) is 3.75. The monoisotopic (exact) mass is 337 g/mol. The number of hydrogen-bond acceptors (Lipinski definition) is 4. The maximum atomic E-state index is 11.8. The molecule has 116 valence electrons. The van der Waals surface area contributed by atoms with Crippen LogP contribution in [0.3, 0.4) is 0 Å². The largest absolute Gasteiger partial charge is 0.493 e. The summed E-state index contributed by atoms with van der Waals surface area (Å²) >= 11 is 7.25. The van der Waals surface area contributed by atoms with Gasteiger partial charge < -0.3 is 14.8 Å². The summed E-state index contributed by atoms with van der Waals surface area (Å²) in [5.74, 6) is 1.13. The Balaban J connectivity index is 1.92. The average molecular weight is 338 g/mol. The number of methoxy groups -OCH3 is 2. The Hall–Kier alpha value is -1.98. The van der Waals surface area contributed by atoms with Crippen molar-refractivity contribution in [1.82, 2.24) is 5.32 Å². The Morgan fingerprint density at radius 3 is 2.64 bits per heavy atom. The van der Waals surface area contributed by atoms with Crippen LogP contribution < -0.4 is 14.8 Å². The highest BCUT2D eigenvalue weighted by atomic mass is 35.5. The molecule has 0 radical (unpaired) electrons. The van der Waals surface area contributed by atoms with E-state index in [1.807, 2.05) is 24.3 Å². The van der Waals surface area contributed by atoms with Crippen molar-refractivity contribution in [3.05, 3.63) is 51.2 Å². The van der Waals surface area contributed by atoms with Crippen molar-refractivity contribution < 1.29 is 14.3 Å². The Morgan fingerprint density at radius 1 is 1.23 bits per heavy atom. The van der Waals surface area contributed by atoms with Crippen LogP contribution in [0.2, 0.25) is 4.34 Å². The third-order valence-corrected chi connectivity index (χ3v) is 4.10. The highest BCUT2D eigenvalue weighted by Crippen LogP contribution is 2.27. The number of ether oxygens (including phenoxy) is 2. The number of amides is 1. The van der Waals surface area contributed by atoms with E-state index >= 15 is 0 Å². The Labute approximate surface area is 138 Å². The SMILES string of the molecule is COc1ccc(CNC(=O)C=Cc2ccc(Cl)s2)cc1OC. The molecule has 2 aromatic rings. The fraction of sp³-hybridized carbons (Fsp3) is 0.188. The lowest BCUT2D eigenvalue weighted by Gasteiger charge is -2.09. The second-order valence-corrected chi connectivity index (χ2v) is 6.13. The molecule has 1 heterocycles. The summed E-state index contributed by atoms with van der Waals surface area (Å²) in [4.78, 5) is 12.7. The highest BCUT2D eigenvalue weighted by Gasteiger charge is 2.05. The zero-order chi connectivity index (χ0) is 15.9. The zero-order valence-corrected chi connectivity index (χ0v) is 13.8. The lowest BCUT2D eigenvalue weighted by Crippen LogP contribution is -2.20. The van der Waals surface area contributed by atoms with Crippen LogP contribution >= 0.6 is 22.9 Å².